The lowest BCUT2D eigenvalue weighted by Crippen LogP contribution is -2.55. The zero-order valence-electron chi connectivity index (χ0n) is 18.8. The van der Waals surface area contributed by atoms with Gasteiger partial charge in [0, 0.05) is 11.5 Å². The molecule has 8 atom stereocenters. The molecule has 6 rings (SSSR count). The van der Waals surface area contributed by atoms with Gasteiger partial charge in [0.15, 0.2) is 5.78 Å². The van der Waals surface area contributed by atoms with Gasteiger partial charge in [-0.15, -0.1) is 0 Å². The van der Waals surface area contributed by atoms with Crippen molar-refractivity contribution in [2.75, 3.05) is 13.1 Å². The minimum absolute atomic E-state index is 0.0855. The summed E-state index contributed by atoms with van der Waals surface area (Å²) in [6.45, 7) is 7.60. The first kappa shape index (κ1) is 19.5. The molecule has 5 heteroatoms. The largest absolute Gasteiger partial charge is 0.300 e. The Labute approximate surface area is 181 Å². The molecule has 0 unspecified atom stereocenters. The maximum Gasteiger partial charge on any atom is 0.163 e. The second-order valence-corrected chi connectivity index (χ2v) is 11.8. The highest BCUT2D eigenvalue weighted by molar-refractivity contribution is 5.90. The first-order valence-corrected chi connectivity index (χ1v) is 12.6. The number of Topliss-reactive ketones (excluding diaryl/α,β-unsaturated/α-hetero) is 1. The fourth-order valence-electron chi connectivity index (χ4n) is 9.07. The third kappa shape index (κ3) is 2.66. The maximum absolute atomic E-state index is 13.5. The number of aromatic nitrogens is 3. The smallest absolute Gasteiger partial charge is 0.163 e. The maximum atomic E-state index is 13.5. The summed E-state index contributed by atoms with van der Waals surface area (Å²) in [7, 11) is 0. The summed E-state index contributed by atoms with van der Waals surface area (Å²) in [5, 5.41) is 4.35. The fourth-order valence-corrected chi connectivity index (χ4v) is 9.07. The molecule has 0 aromatic carbocycles. The number of carbonyl (C=O) groups is 1. The van der Waals surface area contributed by atoms with Gasteiger partial charge in [0.25, 0.3) is 0 Å². The van der Waals surface area contributed by atoms with Crippen molar-refractivity contribution in [1.82, 2.24) is 19.7 Å². The molecule has 0 amide bonds. The molecular formula is C25H38N4O. The van der Waals surface area contributed by atoms with Crippen LogP contribution in [0.1, 0.15) is 84.1 Å². The van der Waals surface area contributed by atoms with Gasteiger partial charge in [-0.25, -0.2) is 9.67 Å². The first-order chi connectivity index (χ1) is 14.5. The summed E-state index contributed by atoms with van der Waals surface area (Å²) in [6, 6.07) is 0.762. The van der Waals surface area contributed by atoms with Crippen molar-refractivity contribution < 1.29 is 4.79 Å². The van der Waals surface area contributed by atoms with Crippen LogP contribution in [0.5, 0.6) is 0 Å². The quantitative estimate of drug-likeness (QED) is 0.720. The van der Waals surface area contributed by atoms with Gasteiger partial charge in [0.05, 0.1) is 0 Å². The lowest BCUT2D eigenvalue weighted by Gasteiger charge is -2.60. The molecular weight excluding hydrogens is 372 g/mol. The van der Waals surface area contributed by atoms with Crippen molar-refractivity contribution in [2.45, 2.75) is 90.1 Å². The molecule has 0 bridgehead atoms. The summed E-state index contributed by atoms with van der Waals surface area (Å²) in [5.74, 6) is 3.40. The predicted octanol–water partition coefficient (Wildman–Crippen LogP) is 4.51. The standard InChI is InChI=1S/C25H38N4O/c1-24-9-7-18(28-11-3-4-12-28)13-17(24)5-6-19-20(24)8-10-25(2)21(19)14-22(23(25)30)29-16-26-15-27-29/h15-22H,3-14H2,1-2H3/t17-,18-,19+,20-,21-,22-,24-,25-/m0/s1. The van der Waals surface area contributed by atoms with Crippen LogP contribution >= 0.6 is 0 Å². The molecule has 5 nitrogen and oxygen atoms in total. The predicted molar refractivity (Wildman–Crippen MR) is 116 cm³/mol. The molecule has 0 spiro atoms. The molecule has 5 fully saturated rings. The van der Waals surface area contributed by atoms with Crippen LogP contribution in [0.2, 0.25) is 0 Å². The van der Waals surface area contributed by atoms with E-state index in [2.05, 4.69) is 28.8 Å². The highest BCUT2D eigenvalue weighted by atomic mass is 16.1. The van der Waals surface area contributed by atoms with E-state index in [1.807, 2.05) is 4.68 Å². The lowest BCUT2D eigenvalue weighted by atomic mass is 9.45. The molecule has 30 heavy (non-hydrogen) atoms. The number of hydrogen-bond acceptors (Lipinski definition) is 4. The minimum Gasteiger partial charge on any atom is -0.300 e. The Morgan fingerprint density at radius 3 is 2.60 bits per heavy atom. The lowest BCUT2D eigenvalue weighted by molar-refractivity contribution is -0.141. The summed E-state index contributed by atoms with van der Waals surface area (Å²) < 4.78 is 1.84. The van der Waals surface area contributed by atoms with Crippen LogP contribution in [-0.2, 0) is 4.79 Å². The first-order valence-electron chi connectivity index (χ1n) is 12.6. The van der Waals surface area contributed by atoms with Gasteiger partial charge in [0.1, 0.15) is 18.7 Å². The fraction of sp³-hybridized carbons (Fsp3) is 0.880. The second kappa shape index (κ2) is 6.88. The van der Waals surface area contributed by atoms with E-state index in [-0.39, 0.29) is 11.5 Å². The van der Waals surface area contributed by atoms with Gasteiger partial charge in [-0.1, -0.05) is 13.8 Å². The van der Waals surface area contributed by atoms with E-state index >= 15 is 0 Å². The number of hydrogen-bond donors (Lipinski definition) is 0. The van der Waals surface area contributed by atoms with Crippen LogP contribution in [0.15, 0.2) is 12.7 Å². The average molecular weight is 411 g/mol. The van der Waals surface area contributed by atoms with Crippen LogP contribution in [-0.4, -0.2) is 44.6 Å². The Kier molecular flexibility index (Phi) is 4.46. The SMILES string of the molecule is C[C@]12CC[C@H](N3CCCC3)C[C@@H]1CC[C@@H]1[C@@H]2CC[C@]2(C)C(=O)[C@@H](n3cncn3)C[C@@H]12. The van der Waals surface area contributed by atoms with E-state index in [0.29, 0.717) is 17.1 Å². The molecule has 1 aliphatic heterocycles. The molecule has 4 aliphatic carbocycles. The van der Waals surface area contributed by atoms with Gasteiger partial charge in [0.2, 0.25) is 0 Å². The van der Waals surface area contributed by atoms with Crippen LogP contribution in [0.3, 0.4) is 0 Å². The van der Waals surface area contributed by atoms with Crippen molar-refractivity contribution in [3.8, 4) is 0 Å². The summed E-state index contributed by atoms with van der Waals surface area (Å²) in [5.41, 5.74) is 0.350. The number of rotatable bonds is 2. The van der Waals surface area contributed by atoms with E-state index in [1.165, 1.54) is 64.5 Å². The summed E-state index contributed by atoms with van der Waals surface area (Å²) in [6.07, 6.45) is 16.4. The van der Waals surface area contributed by atoms with Crippen LogP contribution < -0.4 is 0 Å². The molecule has 1 aromatic heterocycles. The highest BCUT2D eigenvalue weighted by Gasteiger charge is 2.62. The third-order valence-electron chi connectivity index (χ3n) is 10.8. The molecule has 2 heterocycles. The van der Waals surface area contributed by atoms with Crippen LogP contribution in [0, 0.1) is 34.5 Å². The van der Waals surface area contributed by atoms with Gasteiger partial charge >= 0.3 is 0 Å². The van der Waals surface area contributed by atoms with Crippen molar-refractivity contribution in [1.29, 1.82) is 0 Å². The van der Waals surface area contributed by atoms with Crippen LogP contribution in [0.4, 0.5) is 0 Å². The van der Waals surface area contributed by atoms with Crippen molar-refractivity contribution in [3.63, 3.8) is 0 Å². The zero-order chi connectivity index (χ0) is 20.5. The number of ketones is 1. The Balaban J connectivity index is 1.24. The molecule has 4 saturated carbocycles. The number of likely N-dealkylation sites (tertiary alicyclic amines) is 1. The van der Waals surface area contributed by atoms with Crippen molar-refractivity contribution in [3.05, 3.63) is 12.7 Å². The van der Waals surface area contributed by atoms with E-state index in [0.717, 1.165) is 36.6 Å². The number of carbonyl (C=O) groups excluding carboxylic acids is 1. The Hall–Kier alpha value is -1.23. The topological polar surface area (TPSA) is 51.0 Å². The number of nitrogens with zero attached hydrogens (tertiary/aromatic N) is 4. The van der Waals surface area contributed by atoms with E-state index in [1.54, 1.807) is 12.7 Å². The minimum atomic E-state index is -0.145. The molecule has 1 saturated heterocycles. The van der Waals surface area contributed by atoms with Crippen molar-refractivity contribution in [2.24, 2.45) is 34.5 Å². The monoisotopic (exact) mass is 410 g/mol. The van der Waals surface area contributed by atoms with Crippen LogP contribution in [0.25, 0.3) is 0 Å². The molecule has 1 aromatic rings. The van der Waals surface area contributed by atoms with Gasteiger partial charge in [-0.05, 0) is 106 Å². The molecule has 5 aliphatic rings. The average Bonchev–Trinajstić information content (AvgIpc) is 3.49. The molecule has 0 radical (unpaired) electrons. The Morgan fingerprint density at radius 2 is 1.83 bits per heavy atom. The summed E-state index contributed by atoms with van der Waals surface area (Å²) >= 11 is 0. The Morgan fingerprint density at radius 1 is 1.00 bits per heavy atom. The number of fused-ring (bicyclic) bond motifs is 5. The van der Waals surface area contributed by atoms with E-state index in [4.69, 9.17) is 0 Å². The van der Waals surface area contributed by atoms with E-state index < -0.39 is 0 Å². The Bertz CT molecular complexity index is 802. The normalized spacial score (nSPS) is 48.9. The van der Waals surface area contributed by atoms with E-state index in [9.17, 15) is 4.79 Å². The third-order valence-corrected chi connectivity index (χ3v) is 10.8. The highest BCUT2D eigenvalue weighted by Crippen LogP contribution is 2.66. The van der Waals surface area contributed by atoms with Gasteiger partial charge < -0.3 is 4.90 Å². The summed E-state index contributed by atoms with van der Waals surface area (Å²) in [4.78, 5) is 20.4. The zero-order valence-corrected chi connectivity index (χ0v) is 18.8. The van der Waals surface area contributed by atoms with Gasteiger partial charge in [-0.3, -0.25) is 4.79 Å². The molecule has 0 N–H and O–H groups in total. The van der Waals surface area contributed by atoms with Crippen molar-refractivity contribution >= 4 is 5.78 Å². The molecule has 164 valence electrons. The van der Waals surface area contributed by atoms with Gasteiger partial charge in [-0.2, -0.15) is 5.10 Å². The second-order valence-electron chi connectivity index (χ2n) is 11.8.